The molecule has 1 heteroatoms. The second-order valence-electron chi connectivity index (χ2n) is 7.75. The number of rotatable bonds is 2. The molecule has 0 radical (unpaired) electrons. The average Bonchev–Trinajstić information content (AvgIpc) is 3.26. The Morgan fingerprint density at radius 2 is 2.00 bits per heavy atom. The van der Waals surface area contributed by atoms with Gasteiger partial charge in [0.2, 0.25) is 0 Å². The Labute approximate surface area is 122 Å². The number of hydrogen-bond acceptors (Lipinski definition) is 1. The molecule has 1 saturated heterocycles. The lowest BCUT2D eigenvalue weighted by atomic mass is 9.61. The molecule has 0 N–H and O–H groups in total. The summed E-state index contributed by atoms with van der Waals surface area (Å²) in [6, 6.07) is 9.42. The van der Waals surface area contributed by atoms with Crippen LogP contribution in [0.5, 0.6) is 0 Å². The van der Waals surface area contributed by atoms with Gasteiger partial charge < -0.3 is 0 Å². The molecule has 106 valence electrons. The Hall–Kier alpha value is -0.820. The first-order valence-corrected chi connectivity index (χ1v) is 8.71. The van der Waals surface area contributed by atoms with Crippen molar-refractivity contribution >= 4 is 0 Å². The van der Waals surface area contributed by atoms with Crippen LogP contribution in [0.2, 0.25) is 0 Å². The standard InChI is InChI=1S/C19H25N/c1-2-6-17-15(5-1)11-16-13-20(12-14-8-9-14)19(17)10-4-3-7-18(16)19/h1-2,5-6,14,16,18H,3-4,7-13H2. The Bertz CT molecular complexity index is 532. The van der Waals surface area contributed by atoms with Gasteiger partial charge in [0.25, 0.3) is 0 Å². The maximum Gasteiger partial charge on any atom is 0.0494 e. The van der Waals surface area contributed by atoms with Crippen LogP contribution in [-0.4, -0.2) is 18.0 Å². The normalized spacial score (nSPS) is 39.4. The molecular weight excluding hydrogens is 242 g/mol. The number of hydrogen-bond donors (Lipinski definition) is 0. The van der Waals surface area contributed by atoms with Gasteiger partial charge in [0.05, 0.1) is 0 Å². The van der Waals surface area contributed by atoms with E-state index in [-0.39, 0.29) is 0 Å². The van der Waals surface area contributed by atoms with Crippen molar-refractivity contribution in [2.24, 2.45) is 17.8 Å². The maximum atomic E-state index is 2.95. The van der Waals surface area contributed by atoms with Gasteiger partial charge in [0, 0.05) is 18.6 Å². The van der Waals surface area contributed by atoms with Crippen LogP contribution in [0.25, 0.3) is 0 Å². The fourth-order valence-corrected chi connectivity index (χ4v) is 5.74. The van der Waals surface area contributed by atoms with Gasteiger partial charge in [-0.15, -0.1) is 0 Å². The van der Waals surface area contributed by atoms with Gasteiger partial charge >= 0.3 is 0 Å². The van der Waals surface area contributed by atoms with E-state index in [2.05, 4.69) is 29.2 Å². The predicted molar refractivity (Wildman–Crippen MR) is 81.6 cm³/mol. The fourth-order valence-electron chi connectivity index (χ4n) is 5.74. The first kappa shape index (κ1) is 11.8. The lowest BCUT2D eigenvalue weighted by Gasteiger charge is -2.49. The average molecular weight is 267 g/mol. The Morgan fingerprint density at radius 1 is 1.10 bits per heavy atom. The second kappa shape index (κ2) is 4.10. The Balaban J connectivity index is 1.64. The third-order valence-corrected chi connectivity index (χ3v) is 6.67. The lowest BCUT2D eigenvalue weighted by Crippen LogP contribution is -2.49. The lowest BCUT2D eigenvalue weighted by molar-refractivity contribution is 0.0470. The summed E-state index contributed by atoms with van der Waals surface area (Å²) in [6.45, 7) is 2.77. The molecule has 1 aliphatic heterocycles. The van der Waals surface area contributed by atoms with Crippen LogP contribution in [0, 0.1) is 17.8 Å². The second-order valence-corrected chi connectivity index (χ2v) is 7.75. The minimum absolute atomic E-state index is 0.445. The van der Waals surface area contributed by atoms with E-state index in [0.29, 0.717) is 5.54 Å². The zero-order chi connectivity index (χ0) is 13.2. The zero-order valence-electron chi connectivity index (χ0n) is 12.4. The molecule has 3 atom stereocenters. The van der Waals surface area contributed by atoms with Gasteiger partial charge in [-0.25, -0.2) is 0 Å². The van der Waals surface area contributed by atoms with E-state index in [9.17, 15) is 0 Å². The number of nitrogens with zero attached hydrogens (tertiary/aromatic N) is 1. The SMILES string of the molecule is c1ccc2c(c1)CC1CN(CC3CC3)C23CCCCC13. The largest absolute Gasteiger partial charge is 0.293 e. The number of likely N-dealkylation sites (tertiary alicyclic amines) is 1. The molecule has 20 heavy (non-hydrogen) atoms. The highest BCUT2D eigenvalue weighted by Crippen LogP contribution is 2.59. The minimum atomic E-state index is 0.445. The summed E-state index contributed by atoms with van der Waals surface area (Å²) in [6.07, 6.45) is 10.2. The zero-order valence-corrected chi connectivity index (χ0v) is 12.4. The Kier molecular flexibility index (Phi) is 2.42. The molecule has 2 saturated carbocycles. The highest BCUT2D eigenvalue weighted by molar-refractivity contribution is 5.40. The smallest absolute Gasteiger partial charge is 0.0494 e. The molecule has 1 nitrogen and oxygen atoms in total. The molecule has 0 amide bonds. The van der Waals surface area contributed by atoms with Crippen molar-refractivity contribution < 1.29 is 0 Å². The summed E-state index contributed by atoms with van der Waals surface area (Å²) in [7, 11) is 0. The van der Waals surface area contributed by atoms with Crippen molar-refractivity contribution in [3.05, 3.63) is 35.4 Å². The molecule has 4 aliphatic rings. The van der Waals surface area contributed by atoms with E-state index < -0.39 is 0 Å². The van der Waals surface area contributed by atoms with Gasteiger partial charge in [0.1, 0.15) is 0 Å². The Morgan fingerprint density at radius 3 is 2.90 bits per heavy atom. The molecule has 0 spiro atoms. The highest BCUT2D eigenvalue weighted by Gasteiger charge is 2.58. The summed E-state index contributed by atoms with van der Waals surface area (Å²) in [5.74, 6) is 2.94. The van der Waals surface area contributed by atoms with Crippen molar-refractivity contribution in [3.63, 3.8) is 0 Å². The third kappa shape index (κ3) is 1.48. The van der Waals surface area contributed by atoms with E-state index >= 15 is 0 Å². The van der Waals surface area contributed by atoms with Gasteiger partial charge in [-0.3, -0.25) is 4.90 Å². The maximum absolute atomic E-state index is 2.95. The van der Waals surface area contributed by atoms with Crippen molar-refractivity contribution in [1.82, 2.24) is 4.90 Å². The first-order valence-electron chi connectivity index (χ1n) is 8.71. The summed E-state index contributed by atoms with van der Waals surface area (Å²) in [5, 5.41) is 0. The molecule has 0 aromatic heterocycles. The van der Waals surface area contributed by atoms with Crippen LogP contribution in [-0.2, 0) is 12.0 Å². The summed E-state index contributed by atoms with van der Waals surface area (Å²) in [4.78, 5) is 2.95. The summed E-state index contributed by atoms with van der Waals surface area (Å²) >= 11 is 0. The molecule has 3 fully saturated rings. The van der Waals surface area contributed by atoms with E-state index in [0.717, 1.165) is 17.8 Å². The molecule has 1 aromatic rings. The molecule has 2 bridgehead atoms. The van der Waals surface area contributed by atoms with Crippen LogP contribution < -0.4 is 0 Å². The van der Waals surface area contributed by atoms with Crippen molar-refractivity contribution in [1.29, 1.82) is 0 Å². The van der Waals surface area contributed by atoms with Gasteiger partial charge in [-0.05, 0) is 61.0 Å². The summed E-state index contributed by atoms with van der Waals surface area (Å²) in [5.41, 5.74) is 3.84. The monoisotopic (exact) mass is 267 g/mol. The van der Waals surface area contributed by atoms with Crippen molar-refractivity contribution in [2.45, 2.75) is 50.5 Å². The molecule has 3 aliphatic carbocycles. The highest BCUT2D eigenvalue weighted by atomic mass is 15.2. The van der Waals surface area contributed by atoms with E-state index in [1.165, 1.54) is 58.0 Å². The number of benzene rings is 1. The van der Waals surface area contributed by atoms with Gasteiger partial charge in [0.15, 0.2) is 0 Å². The van der Waals surface area contributed by atoms with Gasteiger partial charge in [-0.2, -0.15) is 0 Å². The van der Waals surface area contributed by atoms with Crippen LogP contribution >= 0.6 is 0 Å². The third-order valence-electron chi connectivity index (χ3n) is 6.67. The van der Waals surface area contributed by atoms with Crippen LogP contribution in [0.1, 0.15) is 49.7 Å². The van der Waals surface area contributed by atoms with Crippen LogP contribution in [0.15, 0.2) is 24.3 Å². The quantitative estimate of drug-likeness (QED) is 0.783. The van der Waals surface area contributed by atoms with Crippen LogP contribution in [0.4, 0.5) is 0 Å². The first-order chi connectivity index (χ1) is 9.88. The molecule has 1 heterocycles. The van der Waals surface area contributed by atoms with E-state index in [4.69, 9.17) is 0 Å². The minimum Gasteiger partial charge on any atom is -0.293 e. The molecule has 5 rings (SSSR count). The number of fused-ring (bicyclic) bond motifs is 1. The van der Waals surface area contributed by atoms with E-state index in [1.54, 1.807) is 11.1 Å². The summed E-state index contributed by atoms with van der Waals surface area (Å²) < 4.78 is 0. The predicted octanol–water partition coefficient (Wildman–Crippen LogP) is 3.97. The van der Waals surface area contributed by atoms with E-state index in [1.807, 2.05) is 0 Å². The van der Waals surface area contributed by atoms with Crippen LogP contribution in [0.3, 0.4) is 0 Å². The molecular formula is C19H25N. The van der Waals surface area contributed by atoms with Gasteiger partial charge in [-0.1, -0.05) is 37.1 Å². The fraction of sp³-hybridized carbons (Fsp3) is 0.684. The topological polar surface area (TPSA) is 3.24 Å². The van der Waals surface area contributed by atoms with Crippen molar-refractivity contribution in [3.8, 4) is 0 Å². The van der Waals surface area contributed by atoms with Crippen molar-refractivity contribution in [2.75, 3.05) is 13.1 Å². The molecule has 3 unspecified atom stereocenters. The molecule has 1 aromatic carbocycles.